The van der Waals surface area contributed by atoms with Crippen LogP contribution in [0.15, 0.2) is 36.4 Å². The SMILES string of the molecule is CCOc1ccc(OCc2ccc(C#CCO)s2)cc1. The lowest BCUT2D eigenvalue weighted by Crippen LogP contribution is -1.94. The molecule has 0 aliphatic heterocycles. The number of aliphatic hydroxyl groups is 1. The summed E-state index contributed by atoms with van der Waals surface area (Å²) in [5.74, 6) is 7.17. The van der Waals surface area contributed by atoms with Crippen LogP contribution in [0.3, 0.4) is 0 Å². The van der Waals surface area contributed by atoms with E-state index >= 15 is 0 Å². The van der Waals surface area contributed by atoms with Crippen molar-refractivity contribution in [2.45, 2.75) is 13.5 Å². The molecular formula is C16H16O3S. The zero-order chi connectivity index (χ0) is 14.2. The van der Waals surface area contributed by atoms with Gasteiger partial charge in [0.1, 0.15) is 24.7 Å². The van der Waals surface area contributed by atoms with E-state index in [1.807, 2.05) is 43.3 Å². The van der Waals surface area contributed by atoms with Gasteiger partial charge in [-0.2, -0.15) is 0 Å². The molecule has 2 rings (SSSR count). The lowest BCUT2D eigenvalue weighted by Gasteiger charge is -2.06. The maximum Gasteiger partial charge on any atom is 0.122 e. The van der Waals surface area contributed by atoms with Crippen molar-refractivity contribution in [3.63, 3.8) is 0 Å². The van der Waals surface area contributed by atoms with E-state index in [1.165, 1.54) is 0 Å². The molecule has 0 aliphatic carbocycles. The number of aliphatic hydroxyl groups excluding tert-OH is 1. The molecule has 1 heterocycles. The van der Waals surface area contributed by atoms with Gasteiger partial charge in [0.25, 0.3) is 0 Å². The summed E-state index contributed by atoms with van der Waals surface area (Å²) in [6.07, 6.45) is 0. The molecule has 0 radical (unpaired) electrons. The van der Waals surface area contributed by atoms with E-state index in [0.29, 0.717) is 13.2 Å². The van der Waals surface area contributed by atoms with Crippen LogP contribution in [0.4, 0.5) is 0 Å². The maximum atomic E-state index is 8.64. The van der Waals surface area contributed by atoms with Crippen molar-refractivity contribution in [3.05, 3.63) is 46.2 Å². The van der Waals surface area contributed by atoms with Crippen LogP contribution in [0.1, 0.15) is 16.7 Å². The first-order valence-electron chi connectivity index (χ1n) is 6.36. The van der Waals surface area contributed by atoms with Crippen LogP contribution in [-0.4, -0.2) is 18.3 Å². The Balaban J connectivity index is 1.89. The van der Waals surface area contributed by atoms with Gasteiger partial charge in [0.15, 0.2) is 0 Å². The van der Waals surface area contributed by atoms with Crippen molar-refractivity contribution in [2.24, 2.45) is 0 Å². The standard InChI is InChI=1S/C16H16O3S/c1-2-18-13-5-7-14(8-6-13)19-12-16-10-9-15(20-16)4-3-11-17/h5-10,17H,2,11-12H2,1H3. The predicted octanol–water partition coefficient (Wildman–Crippen LogP) is 3.07. The maximum absolute atomic E-state index is 8.64. The number of hydrogen-bond acceptors (Lipinski definition) is 4. The number of thiophene rings is 1. The summed E-state index contributed by atoms with van der Waals surface area (Å²) in [5.41, 5.74) is 0. The largest absolute Gasteiger partial charge is 0.494 e. The van der Waals surface area contributed by atoms with Gasteiger partial charge in [-0.15, -0.1) is 11.3 Å². The van der Waals surface area contributed by atoms with Crippen LogP contribution < -0.4 is 9.47 Å². The highest BCUT2D eigenvalue weighted by molar-refractivity contribution is 7.12. The van der Waals surface area contributed by atoms with Gasteiger partial charge in [-0.05, 0) is 43.3 Å². The van der Waals surface area contributed by atoms with Gasteiger partial charge in [-0.25, -0.2) is 0 Å². The molecule has 0 saturated heterocycles. The average Bonchev–Trinajstić information content (AvgIpc) is 2.93. The van der Waals surface area contributed by atoms with Crippen molar-refractivity contribution < 1.29 is 14.6 Å². The molecule has 20 heavy (non-hydrogen) atoms. The van der Waals surface area contributed by atoms with Crippen molar-refractivity contribution in [1.82, 2.24) is 0 Å². The third-order valence-corrected chi connectivity index (χ3v) is 3.44. The summed E-state index contributed by atoms with van der Waals surface area (Å²) < 4.78 is 11.1. The molecule has 1 aromatic carbocycles. The van der Waals surface area contributed by atoms with E-state index in [1.54, 1.807) is 11.3 Å². The monoisotopic (exact) mass is 288 g/mol. The molecule has 0 aliphatic rings. The molecule has 1 aromatic heterocycles. The topological polar surface area (TPSA) is 38.7 Å². The second-order valence-corrected chi connectivity index (χ2v) is 5.09. The highest BCUT2D eigenvalue weighted by Crippen LogP contribution is 2.21. The number of hydrogen-bond donors (Lipinski definition) is 1. The zero-order valence-electron chi connectivity index (χ0n) is 11.3. The Bertz CT molecular complexity index is 590. The lowest BCUT2D eigenvalue weighted by molar-refractivity contribution is 0.307. The Morgan fingerprint density at radius 2 is 1.75 bits per heavy atom. The van der Waals surface area contributed by atoms with E-state index in [4.69, 9.17) is 14.6 Å². The van der Waals surface area contributed by atoms with Crippen molar-refractivity contribution in [3.8, 4) is 23.3 Å². The second kappa shape index (κ2) is 7.59. The fraction of sp³-hybridized carbons (Fsp3) is 0.250. The molecule has 0 unspecified atom stereocenters. The predicted molar refractivity (Wildman–Crippen MR) is 80.2 cm³/mol. The van der Waals surface area contributed by atoms with Gasteiger partial charge in [-0.1, -0.05) is 11.8 Å². The molecule has 0 saturated carbocycles. The summed E-state index contributed by atoms with van der Waals surface area (Å²) in [5, 5.41) is 8.64. The molecule has 0 amide bonds. The fourth-order valence-corrected chi connectivity index (χ4v) is 2.40. The van der Waals surface area contributed by atoms with E-state index in [2.05, 4.69) is 11.8 Å². The third kappa shape index (κ3) is 4.30. The number of rotatable bonds is 5. The third-order valence-electron chi connectivity index (χ3n) is 2.47. The van der Waals surface area contributed by atoms with Crippen LogP contribution in [0.2, 0.25) is 0 Å². The summed E-state index contributed by atoms with van der Waals surface area (Å²) >= 11 is 1.57. The molecule has 3 nitrogen and oxygen atoms in total. The van der Waals surface area contributed by atoms with Crippen LogP contribution in [-0.2, 0) is 6.61 Å². The minimum Gasteiger partial charge on any atom is -0.494 e. The molecule has 0 spiro atoms. The van der Waals surface area contributed by atoms with Gasteiger partial charge in [0.2, 0.25) is 0 Å². The molecule has 1 N–H and O–H groups in total. The van der Waals surface area contributed by atoms with Crippen molar-refractivity contribution in [2.75, 3.05) is 13.2 Å². The lowest BCUT2D eigenvalue weighted by atomic mass is 10.3. The molecule has 2 aromatic rings. The first-order chi connectivity index (χ1) is 9.81. The molecule has 104 valence electrons. The summed E-state index contributed by atoms with van der Waals surface area (Å²) in [4.78, 5) is 2.03. The smallest absolute Gasteiger partial charge is 0.122 e. The van der Waals surface area contributed by atoms with Crippen LogP contribution >= 0.6 is 11.3 Å². The summed E-state index contributed by atoms with van der Waals surface area (Å²) in [6, 6.07) is 11.5. The number of ether oxygens (including phenoxy) is 2. The molecule has 0 bridgehead atoms. The Morgan fingerprint density at radius 3 is 2.40 bits per heavy atom. The normalized spacial score (nSPS) is 9.70. The van der Waals surface area contributed by atoms with Crippen LogP contribution in [0, 0.1) is 11.8 Å². The highest BCUT2D eigenvalue weighted by atomic mass is 32.1. The minimum absolute atomic E-state index is 0.115. The van der Waals surface area contributed by atoms with Gasteiger partial charge >= 0.3 is 0 Å². The van der Waals surface area contributed by atoms with E-state index in [9.17, 15) is 0 Å². The van der Waals surface area contributed by atoms with Gasteiger partial charge < -0.3 is 14.6 Å². The van der Waals surface area contributed by atoms with Gasteiger partial charge in [0.05, 0.1) is 11.5 Å². The van der Waals surface area contributed by atoms with Crippen molar-refractivity contribution >= 4 is 11.3 Å². The van der Waals surface area contributed by atoms with Crippen molar-refractivity contribution in [1.29, 1.82) is 0 Å². The fourth-order valence-electron chi connectivity index (χ4n) is 1.60. The van der Waals surface area contributed by atoms with Crippen LogP contribution in [0.25, 0.3) is 0 Å². The minimum atomic E-state index is -0.115. The Morgan fingerprint density at radius 1 is 1.05 bits per heavy atom. The molecular weight excluding hydrogens is 272 g/mol. The molecule has 0 fully saturated rings. The van der Waals surface area contributed by atoms with Crippen LogP contribution in [0.5, 0.6) is 11.5 Å². The zero-order valence-corrected chi connectivity index (χ0v) is 12.1. The first-order valence-corrected chi connectivity index (χ1v) is 7.17. The molecule has 4 heteroatoms. The summed E-state index contributed by atoms with van der Waals surface area (Å²) in [7, 11) is 0. The Hall–Kier alpha value is -1.96. The quantitative estimate of drug-likeness (QED) is 0.859. The van der Waals surface area contributed by atoms with E-state index in [0.717, 1.165) is 21.3 Å². The number of benzene rings is 1. The Kier molecular flexibility index (Phi) is 5.48. The Labute approximate surface area is 122 Å². The second-order valence-electron chi connectivity index (χ2n) is 3.92. The first kappa shape index (κ1) is 14.4. The van der Waals surface area contributed by atoms with E-state index in [-0.39, 0.29) is 6.61 Å². The van der Waals surface area contributed by atoms with Gasteiger partial charge in [0, 0.05) is 4.88 Å². The van der Waals surface area contributed by atoms with Gasteiger partial charge in [-0.3, -0.25) is 0 Å². The molecule has 0 atom stereocenters. The van der Waals surface area contributed by atoms with E-state index < -0.39 is 0 Å². The highest BCUT2D eigenvalue weighted by Gasteiger charge is 2.00. The average molecular weight is 288 g/mol. The summed E-state index contributed by atoms with van der Waals surface area (Å²) in [6.45, 7) is 3.01.